The molecule has 0 saturated heterocycles. The Balaban J connectivity index is 2.32. The Morgan fingerprint density at radius 2 is 2.29 bits per heavy atom. The molecule has 0 spiro atoms. The molecule has 17 heavy (non-hydrogen) atoms. The molecule has 90 valence electrons. The van der Waals surface area contributed by atoms with Crippen molar-refractivity contribution >= 4 is 22.9 Å². The molecule has 5 heteroatoms. The van der Waals surface area contributed by atoms with Crippen LogP contribution in [0.4, 0.5) is 0 Å². The summed E-state index contributed by atoms with van der Waals surface area (Å²) in [6, 6.07) is 5.62. The van der Waals surface area contributed by atoms with Gasteiger partial charge >= 0.3 is 0 Å². The van der Waals surface area contributed by atoms with Gasteiger partial charge in [-0.1, -0.05) is 11.6 Å². The summed E-state index contributed by atoms with van der Waals surface area (Å²) in [5.74, 6) is 0.754. The number of ether oxygens (including phenoxy) is 1. The second kappa shape index (κ2) is 5.49. The van der Waals surface area contributed by atoms with E-state index in [9.17, 15) is 0 Å². The normalized spacial score (nSPS) is 10.5. The summed E-state index contributed by atoms with van der Waals surface area (Å²) in [4.78, 5) is 4.52. The lowest BCUT2D eigenvalue weighted by molar-refractivity contribution is 0.415. The van der Waals surface area contributed by atoms with Crippen molar-refractivity contribution in [1.82, 2.24) is 10.3 Å². The lowest BCUT2D eigenvalue weighted by Crippen LogP contribution is -2.04. The summed E-state index contributed by atoms with van der Waals surface area (Å²) in [5, 5.41) is 6.80. The van der Waals surface area contributed by atoms with E-state index in [1.807, 2.05) is 24.6 Å². The highest BCUT2D eigenvalue weighted by atomic mass is 35.5. The Labute approximate surface area is 109 Å². The van der Waals surface area contributed by atoms with Crippen molar-refractivity contribution in [2.45, 2.75) is 6.54 Å². The molecule has 2 rings (SSSR count). The van der Waals surface area contributed by atoms with Crippen molar-refractivity contribution < 1.29 is 4.74 Å². The molecule has 0 saturated carbocycles. The average molecular weight is 269 g/mol. The Morgan fingerprint density at radius 3 is 2.94 bits per heavy atom. The first-order valence-electron chi connectivity index (χ1n) is 5.17. The van der Waals surface area contributed by atoms with Gasteiger partial charge in [0.05, 0.1) is 17.8 Å². The quantitative estimate of drug-likeness (QED) is 0.925. The summed E-state index contributed by atoms with van der Waals surface area (Å²) >= 11 is 7.82. The lowest BCUT2D eigenvalue weighted by Gasteiger charge is -2.04. The number of aromatic nitrogens is 1. The zero-order chi connectivity index (χ0) is 12.3. The van der Waals surface area contributed by atoms with Crippen LogP contribution in [0, 0.1) is 0 Å². The zero-order valence-corrected chi connectivity index (χ0v) is 11.2. The van der Waals surface area contributed by atoms with E-state index in [4.69, 9.17) is 16.3 Å². The SMILES string of the molecule is CNCc1nc(-c2ccc(OC)cc2Cl)cs1. The molecular weight excluding hydrogens is 256 g/mol. The molecule has 0 amide bonds. The summed E-state index contributed by atoms with van der Waals surface area (Å²) in [6.07, 6.45) is 0. The average Bonchev–Trinajstić information content (AvgIpc) is 2.78. The first-order valence-corrected chi connectivity index (χ1v) is 6.43. The highest BCUT2D eigenvalue weighted by Crippen LogP contribution is 2.31. The number of nitrogens with zero attached hydrogens (tertiary/aromatic N) is 1. The van der Waals surface area contributed by atoms with E-state index in [1.165, 1.54) is 0 Å². The van der Waals surface area contributed by atoms with Gasteiger partial charge in [0.25, 0.3) is 0 Å². The largest absolute Gasteiger partial charge is 0.497 e. The molecule has 0 aliphatic carbocycles. The first kappa shape index (κ1) is 12.4. The molecular formula is C12H13ClN2OS. The molecule has 1 aromatic heterocycles. The fourth-order valence-corrected chi connectivity index (χ4v) is 2.57. The lowest BCUT2D eigenvalue weighted by atomic mass is 10.1. The predicted molar refractivity (Wildman–Crippen MR) is 71.9 cm³/mol. The third kappa shape index (κ3) is 2.77. The summed E-state index contributed by atoms with van der Waals surface area (Å²) in [7, 11) is 3.53. The van der Waals surface area contributed by atoms with E-state index in [2.05, 4.69) is 10.3 Å². The number of halogens is 1. The van der Waals surface area contributed by atoms with Crippen molar-refractivity contribution in [2.24, 2.45) is 0 Å². The molecule has 1 N–H and O–H groups in total. The van der Waals surface area contributed by atoms with Crippen LogP contribution in [-0.4, -0.2) is 19.1 Å². The standard InChI is InChI=1S/C12H13ClN2OS/c1-14-6-12-15-11(7-17-12)9-4-3-8(16-2)5-10(9)13/h3-5,7,14H,6H2,1-2H3. The molecule has 0 atom stereocenters. The van der Waals surface area contributed by atoms with Crippen molar-refractivity contribution in [3.8, 4) is 17.0 Å². The minimum absolute atomic E-state index is 0.658. The Morgan fingerprint density at radius 1 is 1.47 bits per heavy atom. The van der Waals surface area contributed by atoms with Crippen molar-refractivity contribution in [1.29, 1.82) is 0 Å². The van der Waals surface area contributed by atoms with Crippen LogP contribution in [0.25, 0.3) is 11.3 Å². The molecule has 0 aliphatic rings. The van der Waals surface area contributed by atoms with Crippen LogP contribution in [-0.2, 0) is 6.54 Å². The van der Waals surface area contributed by atoms with Gasteiger partial charge in [0.1, 0.15) is 10.8 Å². The third-order valence-electron chi connectivity index (χ3n) is 2.33. The van der Waals surface area contributed by atoms with Crippen LogP contribution in [0.5, 0.6) is 5.75 Å². The Kier molecular flexibility index (Phi) is 3.99. The highest BCUT2D eigenvalue weighted by Gasteiger charge is 2.08. The predicted octanol–water partition coefficient (Wildman–Crippen LogP) is 3.19. The number of thiazole rings is 1. The topological polar surface area (TPSA) is 34.2 Å². The fraction of sp³-hybridized carbons (Fsp3) is 0.250. The van der Waals surface area contributed by atoms with Gasteiger partial charge in [-0.15, -0.1) is 11.3 Å². The second-order valence-corrected chi connectivity index (χ2v) is 4.85. The summed E-state index contributed by atoms with van der Waals surface area (Å²) in [5.41, 5.74) is 1.85. The van der Waals surface area contributed by atoms with Gasteiger partial charge in [-0.2, -0.15) is 0 Å². The van der Waals surface area contributed by atoms with E-state index < -0.39 is 0 Å². The molecule has 0 radical (unpaired) electrons. The van der Waals surface area contributed by atoms with Gasteiger partial charge < -0.3 is 10.1 Å². The smallest absolute Gasteiger partial charge is 0.120 e. The van der Waals surface area contributed by atoms with Crippen molar-refractivity contribution in [3.63, 3.8) is 0 Å². The van der Waals surface area contributed by atoms with E-state index in [1.54, 1.807) is 24.5 Å². The van der Waals surface area contributed by atoms with Crippen molar-refractivity contribution in [3.05, 3.63) is 33.6 Å². The first-order chi connectivity index (χ1) is 8.24. The number of methoxy groups -OCH3 is 1. The zero-order valence-electron chi connectivity index (χ0n) is 9.66. The van der Waals surface area contributed by atoms with E-state index in [0.29, 0.717) is 5.02 Å². The summed E-state index contributed by atoms with van der Waals surface area (Å²) < 4.78 is 5.12. The molecule has 1 aromatic carbocycles. The number of nitrogens with one attached hydrogen (secondary N) is 1. The molecule has 1 heterocycles. The van der Waals surface area contributed by atoms with Gasteiger partial charge in [0, 0.05) is 17.5 Å². The van der Waals surface area contributed by atoms with Crippen molar-refractivity contribution in [2.75, 3.05) is 14.2 Å². The maximum absolute atomic E-state index is 6.20. The van der Waals surface area contributed by atoms with Crippen LogP contribution in [0.1, 0.15) is 5.01 Å². The van der Waals surface area contributed by atoms with Crippen LogP contribution in [0.2, 0.25) is 5.02 Å². The van der Waals surface area contributed by atoms with Crippen LogP contribution < -0.4 is 10.1 Å². The molecule has 0 aliphatic heterocycles. The van der Waals surface area contributed by atoms with Crippen LogP contribution in [0.15, 0.2) is 23.6 Å². The van der Waals surface area contributed by atoms with E-state index in [-0.39, 0.29) is 0 Å². The van der Waals surface area contributed by atoms with Gasteiger partial charge in [-0.25, -0.2) is 4.98 Å². The Bertz CT molecular complexity index is 513. The molecule has 0 fully saturated rings. The number of hydrogen-bond donors (Lipinski definition) is 1. The molecule has 0 unspecified atom stereocenters. The van der Waals surface area contributed by atoms with Crippen LogP contribution >= 0.6 is 22.9 Å². The molecule has 2 aromatic rings. The van der Waals surface area contributed by atoms with Gasteiger partial charge in [0.15, 0.2) is 0 Å². The number of rotatable bonds is 4. The van der Waals surface area contributed by atoms with Gasteiger partial charge in [0.2, 0.25) is 0 Å². The Hall–Kier alpha value is -1.10. The summed E-state index contributed by atoms with van der Waals surface area (Å²) in [6.45, 7) is 0.776. The molecule has 3 nitrogen and oxygen atoms in total. The number of benzene rings is 1. The number of hydrogen-bond acceptors (Lipinski definition) is 4. The van der Waals surface area contributed by atoms with E-state index >= 15 is 0 Å². The maximum atomic E-state index is 6.20. The van der Waals surface area contributed by atoms with Gasteiger partial charge in [-0.3, -0.25) is 0 Å². The maximum Gasteiger partial charge on any atom is 0.120 e. The van der Waals surface area contributed by atoms with Gasteiger partial charge in [-0.05, 0) is 25.2 Å². The third-order valence-corrected chi connectivity index (χ3v) is 3.49. The van der Waals surface area contributed by atoms with E-state index in [0.717, 1.165) is 28.6 Å². The fourth-order valence-electron chi connectivity index (χ4n) is 1.50. The minimum atomic E-state index is 0.658. The van der Waals surface area contributed by atoms with Crippen LogP contribution in [0.3, 0.4) is 0 Å². The molecule has 0 bridgehead atoms. The monoisotopic (exact) mass is 268 g/mol. The minimum Gasteiger partial charge on any atom is -0.497 e. The second-order valence-electron chi connectivity index (χ2n) is 3.50. The highest BCUT2D eigenvalue weighted by molar-refractivity contribution is 7.09.